The van der Waals surface area contributed by atoms with Gasteiger partial charge in [0.25, 0.3) is 6.43 Å². The molecular weight excluding hydrogens is 310 g/mol. The Hall–Kier alpha value is -0.800. The summed E-state index contributed by atoms with van der Waals surface area (Å²) in [5.74, 6) is -0.125. The molecule has 90 valence electrons. The van der Waals surface area contributed by atoms with Crippen molar-refractivity contribution in [1.82, 2.24) is 4.98 Å². The third kappa shape index (κ3) is 2.66. The zero-order chi connectivity index (χ0) is 12.5. The Morgan fingerprint density at radius 2 is 2.12 bits per heavy atom. The molecule has 0 fully saturated rings. The van der Waals surface area contributed by atoms with E-state index in [4.69, 9.17) is 5.14 Å². The highest BCUT2D eigenvalue weighted by molar-refractivity contribution is 9.10. The van der Waals surface area contributed by atoms with E-state index in [1.807, 2.05) is 0 Å². The van der Waals surface area contributed by atoms with Crippen molar-refractivity contribution in [3.05, 3.63) is 16.2 Å². The molecule has 1 aromatic rings. The smallest absolute Gasteiger partial charge is 0.267 e. The molecule has 0 unspecified atom stereocenters. The lowest BCUT2D eigenvalue weighted by Crippen LogP contribution is -2.16. The molecule has 0 spiro atoms. The lowest BCUT2D eigenvalue weighted by atomic mass is 10.3. The van der Waals surface area contributed by atoms with Crippen LogP contribution in [0.3, 0.4) is 0 Å². The van der Waals surface area contributed by atoms with Crippen LogP contribution in [0.1, 0.15) is 12.0 Å². The topological polar surface area (TPSA) is 82.3 Å². The van der Waals surface area contributed by atoms with Crippen LogP contribution >= 0.6 is 15.9 Å². The number of methoxy groups -OCH3 is 1. The van der Waals surface area contributed by atoms with Gasteiger partial charge in [0.15, 0.2) is 0 Å². The van der Waals surface area contributed by atoms with Crippen LogP contribution in [0.15, 0.2) is 15.6 Å². The predicted molar refractivity (Wildman–Crippen MR) is 54.8 cm³/mol. The van der Waals surface area contributed by atoms with Crippen LogP contribution in [0.4, 0.5) is 8.78 Å². The Bertz CT molecular complexity index is 507. The lowest BCUT2D eigenvalue weighted by molar-refractivity contribution is 0.146. The molecule has 0 amide bonds. The first-order valence-electron chi connectivity index (χ1n) is 3.82. The van der Waals surface area contributed by atoms with Crippen LogP contribution < -0.4 is 9.88 Å². The zero-order valence-electron chi connectivity index (χ0n) is 7.95. The highest BCUT2D eigenvalue weighted by Gasteiger charge is 2.25. The van der Waals surface area contributed by atoms with E-state index < -0.39 is 26.9 Å². The summed E-state index contributed by atoms with van der Waals surface area (Å²) < 4.78 is 51.8. The Morgan fingerprint density at radius 3 is 2.50 bits per heavy atom. The van der Waals surface area contributed by atoms with Gasteiger partial charge in [-0.2, -0.15) is 0 Å². The monoisotopic (exact) mass is 316 g/mol. The number of sulfonamides is 1. The molecule has 2 N–H and O–H groups in total. The van der Waals surface area contributed by atoms with E-state index >= 15 is 0 Å². The Kier molecular flexibility index (Phi) is 3.81. The maximum absolute atomic E-state index is 12.6. The van der Waals surface area contributed by atoms with Crippen molar-refractivity contribution >= 4 is 26.0 Å². The Labute approximate surface area is 98.8 Å². The molecule has 5 nitrogen and oxygen atoms in total. The average Bonchev–Trinajstić information content (AvgIpc) is 2.14. The number of hydrogen-bond donors (Lipinski definition) is 1. The molecule has 0 saturated carbocycles. The van der Waals surface area contributed by atoms with Gasteiger partial charge in [-0.15, -0.1) is 0 Å². The summed E-state index contributed by atoms with van der Waals surface area (Å²) in [7, 11) is -3.04. The van der Waals surface area contributed by atoms with E-state index in [1.54, 1.807) is 0 Å². The van der Waals surface area contributed by atoms with E-state index in [-0.39, 0.29) is 10.5 Å². The van der Waals surface area contributed by atoms with Crippen LogP contribution in [-0.2, 0) is 10.0 Å². The normalized spacial score (nSPS) is 11.9. The first-order valence-corrected chi connectivity index (χ1v) is 6.16. The summed E-state index contributed by atoms with van der Waals surface area (Å²) in [5.41, 5.74) is -0.775. The van der Waals surface area contributed by atoms with Crippen LogP contribution in [-0.4, -0.2) is 20.5 Å². The fourth-order valence-corrected chi connectivity index (χ4v) is 2.47. The standard InChI is InChI=1S/C7H7BrF2N2O3S/c1-15-4-2-3(16(11,13)14)5(7(9)10)6(8)12-4/h2,7H,1H3,(H2,11,13,14). The number of alkyl halides is 2. The van der Waals surface area contributed by atoms with Crippen molar-refractivity contribution in [1.29, 1.82) is 0 Å². The molecule has 16 heavy (non-hydrogen) atoms. The van der Waals surface area contributed by atoms with Gasteiger partial charge in [0.05, 0.1) is 17.6 Å². The van der Waals surface area contributed by atoms with Gasteiger partial charge < -0.3 is 4.74 Å². The Balaban J connectivity index is 3.60. The molecule has 1 aromatic heterocycles. The largest absolute Gasteiger partial charge is 0.481 e. The van der Waals surface area contributed by atoms with Crippen molar-refractivity contribution < 1.29 is 21.9 Å². The summed E-state index contributed by atoms with van der Waals surface area (Å²) in [6, 6.07) is 0.849. The van der Waals surface area contributed by atoms with Crippen molar-refractivity contribution in [3.8, 4) is 5.88 Å². The number of rotatable bonds is 3. The predicted octanol–water partition coefficient (Wildman–Crippen LogP) is 1.44. The summed E-state index contributed by atoms with van der Waals surface area (Å²) in [5, 5.41) is 4.82. The van der Waals surface area contributed by atoms with Crippen molar-refractivity contribution in [2.75, 3.05) is 7.11 Å². The number of aromatic nitrogens is 1. The van der Waals surface area contributed by atoms with Gasteiger partial charge in [0.2, 0.25) is 15.9 Å². The van der Waals surface area contributed by atoms with E-state index in [0.29, 0.717) is 0 Å². The third-order valence-electron chi connectivity index (χ3n) is 1.68. The van der Waals surface area contributed by atoms with Gasteiger partial charge in [-0.1, -0.05) is 0 Å². The van der Waals surface area contributed by atoms with E-state index in [2.05, 4.69) is 25.7 Å². The molecule has 0 bridgehead atoms. The minimum absolute atomic E-state index is 0.125. The van der Waals surface area contributed by atoms with Crippen molar-refractivity contribution in [2.45, 2.75) is 11.3 Å². The second-order valence-electron chi connectivity index (χ2n) is 2.71. The molecule has 1 heterocycles. The van der Waals surface area contributed by atoms with Gasteiger partial charge in [-0.05, 0) is 15.9 Å². The van der Waals surface area contributed by atoms with Crippen LogP contribution in [0.2, 0.25) is 0 Å². The zero-order valence-corrected chi connectivity index (χ0v) is 10.3. The van der Waals surface area contributed by atoms with Gasteiger partial charge in [-0.25, -0.2) is 27.3 Å². The molecule has 1 rings (SSSR count). The maximum Gasteiger partial charge on any atom is 0.267 e. The third-order valence-corrected chi connectivity index (χ3v) is 3.24. The van der Waals surface area contributed by atoms with Crippen LogP contribution in [0, 0.1) is 0 Å². The van der Waals surface area contributed by atoms with E-state index in [9.17, 15) is 17.2 Å². The summed E-state index contributed by atoms with van der Waals surface area (Å²) in [6.45, 7) is 0. The average molecular weight is 317 g/mol. The lowest BCUT2D eigenvalue weighted by Gasteiger charge is -2.10. The summed E-state index contributed by atoms with van der Waals surface area (Å²) in [4.78, 5) is 2.87. The number of pyridine rings is 1. The molecule has 9 heteroatoms. The van der Waals surface area contributed by atoms with Crippen LogP contribution in [0.5, 0.6) is 5.88 Å². The number of primary sulfonamides is 1. The van der Waals surface area contributed by atoms with Gasteiger partial charge in [0, 0.05) is 6.07 Å². The molecule has 0 aliphatic heterocycles. The van der Waals surface area contributed by atoms with Gasteiger partial charge in [0.1, 0.15) is 4.60 Å². The van der Waals surface area contributed by atoms with Gasteiger partial charge in [-0.3, -0.25) is 0 Å². The number of nitrogens with two attached hydrogens (primary N) is 1. The molecule has 0 aliphatic carbocycles. The molecule has 0 radical (unpaired) electrons. The number of ether oxygens (including phenoxy) is 1. The van der Waals surface area contributed by atoms with Crippen molar-refractivity contribution in [3.63, 3.8) is 0 Å². The van der Waals surface area contributed by atoms with Crippen LogP contribution in [0.25, 0.3) is 0 Å². The fraction of sp³-hybridized carbons (Fsp3) is 0.286. The first-order chi connectivity index (χ1) is 7.27. The number of hydrogen-bond acceptors (Lipinski definition) is 4. The molecular formula is C7H7BrF2N2O3S. The maximum atomic E-state index is 12.6. The van der Waals surface area contributed by atoms with Crippen molar-refractivity contribution in [2.24, 2.45) is 5.14 Å². The second-order valence-corrected chi connectivity index (χ2v) is 4.99. The molecule has 0 saturated heterocycles. The SMILES string of the molecule is COc1cc(S(N)(=O)=O)c(C(F)F)c(Br)n1. The highest BCUT2D eigenvalue weighted by Crippen LogP contribution is 2.33. The molecule has 0 atom stereocenters. The summed E-state index contributed by atoms with van der Waals surface area (Å²) >= 11 is 2.74. The number of nitrogens with zero attached hydrogens (tertiary/aromatic N) is 1. The Morgan fingerprint density at radius 1 is 1.56 bits per heavy atom. The first kappa shape index (κ1) is 13.3. The highest BCUT2D eigenvalue weighted by atomic mass is 79.9. The van der Waals surface area contributed by atoms with E-state index in [0.717, 1.165) is 6.07 Å². The quantitative estimate of drug-likeness (QED) is 0.855. The van der Waals surface area contributed by atoms with E-state index in [1.165, 1.54) is 7.11 Å². The summed E-state index contributed by atoms with van der Waals surface area (Å²) in [6.07, 6.45) is -3.01. The number of halogens is 3. The molecule has 0 aromatic carbocycles. The minimum Gasteiger partial charge on any atom is -0.481 e. The van der Waals surface area contributed by atoms with Gasteiger partial charge >= 0.3 is 0 Å². The minimum atomic E-state index is -4.26. The second kappa shape index (κ2) is 4.60. The molecule has 0 aliphatic rings. The fourth-order valence-electron chi connectivity index (χ4n) is 1.02.